The standard InChI is InChI=1S/C23H22N8/c1-13(2)25-7-14(3)18-6-17-21(9-26-18)29-30-23(17)19-5-16-20(28-19)8-24-10-22(16)31-11-15(4)27-12-31/h5-12,28H,1-4H3,(H,29,30)/b14-7+. The van der Waals surface area contributed by atoms with E-state index in [4.69, 9.17) is 0 Å². The summed E-state index contributed by atoms with van der Waals surface area (Å²) in [7, 11) is 0. The third-order valence-corrected chi connectivity index (χ3v) is 5.14. The van der Waals surface area contributed by atoms with Gasteiger partial charge in [0.05, 0.1) is 58.7 Å². The zero-order chi connectivity index (χ0) is 21.5. The molecule has 0 unspecified atom stereocenters. The zero-order valence-electron chi connectivity index (χ0n) is 17.8. The number of aromatic amines is 2. The molecule has 0 radical (unpaired) electrons. The maximum Gasteiger partial charge on any atom is 0.116 e. The highest BCUT2D eigenvalue weighted by atomic mass is 15.1. The number of pyridine rings is 2. The number of hydrogen-bond donors (Lipinski definition) is 2. The van der Waals surface area contributed by atoms with Crippen LogP contribution in [-0.2, 0) is 0 Å². The van der Waals surface area contributed by atoms with Crippen LogP contribution in [0.3, 0.4) is 0 Å². The number of rotatable bonds is 4. The van der Waals surface area contributed by atoms with Crippen LogP contribution in [0.4, 0.5) is 0 Å². The second-order valence-corrected chi connectivity index (χ2v) is 7.80. The molecular weight excluding hydrogens is 388 g/mol. The lowest BCUT2D eigenvalue weighted by molar-refractivity contribution is 1.05. The monoisotopic (exact) mass is 410 g/mol. The van der Waals surface area contributed by atoms with Gasteiger partial charge in [0.25, 0.3) is 0 Å². The number of hydrogen-bond acceptors (Lipinski definition) is 5. The quantitative estimate of drug-likeness (QED) is 0.414. The van der Waals surface area contributed by atoms with Gasteiger partial charge in [-0.1, -0.05) is 0 Å². The molecule has 0 spiro atoms. The van der Waals surface area contributed by atoms with Gasteiger partial charge in [0.15, 0.2) is 0 Å². The molecule has 0 aliphatic heterocycles. The number of aliphatic imine (C=N–C) groups is 1. The van der Waals surface area contributed by atoms with Crippen molar-refractivity contribution in [2.75, 3.05) is 0 Å². The smallest absolute Gasteiger partial charge is 0.116 e. The van der Waals surface area contributed by atoms with Gasteiger partial charge < -0.3 is 9.55 Å². The van der Waals surface area contributed by atoms with Crippen molar-refractivity contribution >= 4 is 33.1 Å². The summed E-state index contributed by atoms with van der Waals surface area (Å²) in [5.41, 5.74) is 8.35. The highest BCUT2D eigenvalue weighted by Gasteiger charge is 2.15. The van der Waals surface area contributed by atoms with Crippen LogP contribution in [0.5, 0.6) is 0 Å². The minimum absolute atomic E-state index is 0.839. The molecule has 5 aromatic rings. The van der Waals surface area contributed by atoms with E-state index in [1.807, 2.05) is 69.3 Å². The van der Waals surface area contributed by atoms with E-state index in [9.17, 15) is 0 Å². The fourth-order valence-corrected chi connectivity index (χ4v) is 3.55. The van der Waals surface area contributed by atoms with Gasteiger partial charge >= 0.3 is 0 Å². The first-order chi connectivity index (χ1) is 15.0. The lowest BCUT2D eigenvalue weighted by Crippen LogP contribution is -1.91. The topological polar surface area (TPSA) is 100 Å². The summed E-state index contributed by atoms with van der Waals surface area (Å²) in [6, 6.07) is 4.15. The third kappa shape index (κ3) is 3.42. The average Bonchev–Trinajstić information content (AvgIpc) is 3.48. The highest BCUT2D eigenvalue weighted by molar-refractivity contribution is 5.98. The van der Waals surface area contributed by atoms with Gasteiger partial charge in [-0.05, 0) is 45.4 Å². The molecular formula is C23H22N8. The summed E-state index contributed by atoms with van der Waals surface area (Å²) < 4.78 is 1.98. The third-order valence-electron chi connectivity index (χ3n) is 5.14. The van der Waals surface area contributed by atoms with Gasteiger partial charge in [-0.3, -0.25) is 20.1 Å². The van der Waals surface area contributed by atoms with E-state index in [-0.39, 0.29) is 0 Å². The summed E-state index contributed by atoms with van der Waals surface area (Å²) in [5.74, 6) is 0. The van der Waals surface area contributed by atoms with Gasteiger partial charge in [-0.25, -0.2) is 4.98 Å². The number of nitrogens with zero attached hydrogens (tertiary/aromatic N) is 6. The minimum Gasteiger partial charge on any atom is -0.352 e. The van der Waals surface area contributed by atoms with Crippen LogP contribution in [0, 0.1) is 6.92 Å². The predicted octanol–water partition coefficient (Wildman–Crippen LogP) is 4.84. The van der Waals surface area contributed by atoms with Crippen LogP contribution < -0.4 is 0 Å². The van der Waals surface area contributed by atoms with Crippen molar-refractivity contribution < 1.29 is 0 Å². The summed E-state index contributed by atoms with van der Waals surface area (Å²) in [6.45, 7) is 7.92. The number of aromatic nitrogens is 7. The van der Waals surface area contributed by atoms with Crippen molar-refractivity contribution in [1.29, 1.82) is 0 Å². The predicted molar refractivity (Wildman–Crippen MR) is 123 cm³/mol. The van der Waals surface area contributed by atoms with Crippen molar-refractivity contribution in [2.24, 2.45) is 4.99 Å². The summed E-state index contributed by atoms with van der Waals surface area (Å²) >= 11 is 0. The molecule has 8 nitrogen and oxygen atoms in total. The molecule has 0 saturated carbocycles. The van der Waals surface area contributed by atoms with Gasteiger partial charge in [0.2, 0.25) is 0 Å². The molecule has 5 rings (SSSR count). The van der Waals surface area contributed by atoms with Gasteiger partial charge in [-0.15, -0.1) is 0 Å². The van der Waals surface area contributed by atoms with E-state index in [1.165, 1.54) is 0 Å². The molecule has 31 heavy (non-hydrogen) atoms. The Morgan fingerprint density at radius 2 is 1.90 bits per heavy atom. The van der Waals surface area contributed by atoms with Crippen molar-refractivity contribution in [1.82, 2.24) is 34.7 Å². The maximum absolute atomic E-state index is 4.56. The van der Waals surface area contributed by atoms with E-state index < -0.39 is 0 Å². The molecule has 5 aromatic heterocycles. The number of imidazole rings is 1. The second-order valence-electron chi connectivity index (χ2n) is 7.80. The van der Waals surface area contributed by atoms with Gasteiger partial charge in [0, 0.05) is 28.9 Å². The van der Waals surface area contributed by atoms with E-state index in [0.717, 1.165) is 61.6 Å². The number of allylic oxidation sites excluding steroid dienone is 1. The summed E-state index contributed by atoms with van der Waals surface area (Å²) in [6.07, 6.45) is 11.1. The molecule has 0 bridgehead atoms. The summed E-state index contributed by atoms with van der Waals surface area (Å²) in [5, 5.41) is 9.69. The van der Waals surface area contributed by atoms with Crippen LogP contribution >= 0.6 is 0 Å². The summed E-state index contributed by atoms with van der Waals surface area (Å²) in [4.78, 5) is 21.1. The van der Waals surface area contributed by atoms with Crippen LogP contribution in [0.1, 0.15) is 32.2 Å². The van der Waals surface area contributed by atoms with Crippen LogP contribution in [0.2, 0.25) is 0 Å². The molecule has 0 fully saturated rings. The molecule has 0 aliphatic carbocycles. The number of H-pyrrole nitrogens is 2. The zero-order valence-corrected chi connectivity index (χ0v) is 17.8. The maximum atomic E-state index is 4.56. The lowest BCUT2D eigenvalue weighted by atomic mass is 10.1. The Hall–Kier alpha value is -4.07. The van der Waals surface area contributed by atoms with Crippen molar-refractivity contribution in [3.63, 3.8) is 0 Å². The molecule has 0 aromatic carbocycles. The van der Waals surface area contributed by atoms with E-state index >= 15 is 0 Å². The Balaban J connectivity index is 1.63. The SMILES string of the molecule is CC(C)=N/C=C(\C)c1cc2c(-c3cc4c(-n5cnc(C)c5)cncc4[nH]3)n[nH]c2cn1. The van der Waals surface area contributed by atoms with E-state index in [1.54, 1.807) is 6.33 Å². The van der Waals surface area contributed by atoms with Gasteiger partial charge in [-0.2, -0.15) is 5.10 Å². The number of aryl methyl sites for hydroxylation is 1. The van der Waals surface area contributed by atoms with E-state index in [0.29, 0.717) is 0 Å². The molecule has 0 atom stereocenters. The molecule has 0 aliphatic rings. The van der Waals surface area contributed by atoms with Gasteiger partial charge in [0.1, 0.15) is 5.69 Å². The number of nitrogens with one attached hydrogen (secondary N) is 2. The number of fused-ring (bicyclic) bond motifs is 2. The van der Waals surface area contributed by atoms with Crippen molar-refractivity contribution in [2.45, 2.75) is 27.7 Å². The first kappa shape index (κ1) is 18.9. The Bertz CT molecular complexity index is 1470. The Labute approximate surface area is 178 Å². The molecule has 5 heterocycles. The normalized spacial score (nSPS) is 12.1. The average molecular weight is 410 g/mol. The first-order valence-electron chi connectivity index (χ1n) is 10.00. The fourth-order valence-electron chi connectivity index (χ4n) is 3.55. The molecule has 0 amide bonds. The molecule has 8 heteroatoms. The first-order valence-corrected chi connectivity index (χ1v) is 10.00. The fraction of sp³-hybridized carbons (Fsp3) is 0.174. The molecule has 2 N–H and O–H groups in total. The van der Waals surface area contributed by atoms with Crippen molar-refractivity contribution in [3.05, 3.63) is 60.8 Å². The molecule has 154 valence electrons. The van der Waals surface area contributed by atoms with Crippen LogP contribution in [0.25, 0.3) is 44.5 Å². The Kier molecular flexibility index (Phi) is 4.47. The van der Waals surface area contributed by atoms with E-state index in [2.05, 4.69) is 41.2 Å². The van der Waals surface area contributed by atoms with Crippen LogP contribution in [0.15, 0.2) is 54.4 Å². The van der Waals surface area contributed by atoms with Crippen LogP contribution in [-0.4, -0.2) is 40.4 Å². The Morgan fingerprint density at radius 3 is 2.68 bits per heavy atom. The largest absolute Gasteiger partial charge is 0.352 e. The lowest BCUT2D eigenvalue weighted by Gasteiger charge is -2.02. The second kappa shape index (κ2) is 7.32. The Morgan fingerprint density at radius 1 is 1.03 bits per heavy atom. The highest BCUT2D eigenvalue weighted by Crippen LogP contribution is 2.31. The minimum atomic E-state index is 0.839. The van der Waals surface area contributed by atoms with Crippen molar-refractivity contribution in [3.8, 4) is 17.1 Å². The molecule has 0 saturated heterocycles.